The number of hydrogen-bond acceptors (Lipinski definition) is 2. The highest BCUT2D eigenvalue weighted by atomic mass is 19.1. The predicted octanol–water partition coefficient (Wildman–Crippen LogP) is 3.62. The summed E-state index contributed by atoms with van der Waals surface area (Å²) in [4.78, 5) is 11.7. The number of anilines is 2. The SMILES string of the molecule is COc1ccc(NC(=O)Nc2c(F)cccc2F)cc1. The molecule has 0 fully saturated rings. The number of ether oxygens (including phenoxy) is 1. The van der Waals surface area contributed by atoms with Gasteiger partial charge in [0, 0.05) is 5.69 Å². The lowest BCUT2D eigenvalue weighted by Gasteiger charge is -2.09. The van der Waals surface area contributed by atoms with Gasteiger partial charge in [-0.2, -0.15) is 0 Å². The van der Waals surface area contributed by atoms with Crippen molar-refractivity contribution in [2.75, 3.05) is 17.7 Å². The van der Waals surface area contributed by atoms with Crippen molar-refractivity contribution in [3.8, 4) is 5.75 Å². The van der Waals surface area contributed by atoms with Crippen LogP contribution in [0.4, 0.5) is 25.0 Å². The Hall–Kier alpha value is -2.63. The molecule has 20 heavy (non-hydrogen) atoms. The highest BCUT2D eigenvalue weighted by Crippen LogP contribution is 2.19. The van der Waals surface area contributed by atoms with Gasteiger partial charge in [-0.3, -0.25) is 0 Å². The van der Waals surface area contributed by atoms with Crippen molar-refractivity contribution in [1.82, 2.24) is 0 Å². The maximum Gasteiger partial charge on any atom is 0.323 e. The summed E-state index contributed by atoms with van der Waals surface area (Å²) in [5.74, 6) is -1.04. The van der Waals surface area contributed by atoms with Gasteiger partial charge in [0.25, 0.3) is 0 Å². The summed E-state index contributed by atoms with van der Waals surface area (Å²) in [5.41, 5.74) is -0.0152. The fourth-order valence-electron chi connectivity index (χ4n) is 1.57. The number of methoxy groups -OCH3 is 1. The molecule has 0 bridgehead atoms. The summed E-state index contributed by atoms with van der Waals surface area (Å²) in [6.07, 6.45) is 0. The molecule has 0 aliphatic rings. The zero-order valence-electron chi connectivity index (χ0n) is 10.6. The van der Waals surface area contributed by atoms with Crippen molar-refractivity contribution >= 4 is 17.4 Å². The molecule has 2 N–H and O–H groups in total. The Bertz CT molecular complexity index is 595. The number of urea groups is 1. The van der Waals surface area contributed by atoms with Gasteiger partial charge in [-0.25, -0.2) is 13.6 Å². The number of carbonyl (C=O) groups excluding carboxylic acids is 1. The topological polar surface area (TPSA) is 50.4 Å². The predicted molar refractivity (Wildman–Crippen MR) is 72.0 cm³/mol. The lowest BCUT2D eigenvalue weighted by Crippen LogP contribution is -2.20. The lowest BCUT2D eigenvalue weighted by atomic mass is 10.3. The summed E-state index contributed by atoms with van der Waals surface area (Å²) in [6.45, 7) is 0. The Morgan fingerprint density at radius 2 is 1.60 bits per heavy atom. The maximum atomic E-state index is 13.3. The van der Waals surface area contributed by atoms with Gasteiger partial charge in [-0.1, -0.05) is 6.07 Å². The largest absolute Gasteiger partial charge is 0.497 e. The normalized spacial score (nSPS) is 9.95. The van der Waals surface area contributed by atoms with Gasteiger partial charge in [0.1, 0.15) is 23.1 Å². The Labute approximate surface area is 114 Å². The van der Waals surface area contributed by atoms with Crippen molar-refractivity contribution in [3.63, 3.8) is 0 Å². The van der Waals surface area contributed by atoms with Gasteiger partial charge in [0.15, 0.2) is 0 Å². The number of carbonyl (C=O) groups is 1. The quantitative estimate of drug-likeness (QED) is 0.901. The first-order valence-corrected chi connectivity index (χ1v) is 5.76. The monoisotopic (exact) mass is 278 g/mol. The highest BCUT2D eigenvalue weighted by Gasteiger charge is 2.11. The van der Waals surface area contributed by atoms with E-state index in [1.165, 1.54) is 13.2 Å². The molecule has 2 aromatic carbocycles. The van der Waals surface area contributed by atoms with E-state index >= 15 is 0 Å². The molecule has 0 radical (unpaired) electrons. The van der Waals surface area contributed by atoms with Gasteiger partial charge in [-0.15, -0.1) is 0 Å². The molecule has 0 spiro atoms. The van der Waals surface area contributed by atoms with Crippen LogP contribution in [0.5, 0.6) is 5.75 Å². The molecule has 0 aromatic heterocycles. The van der Waals surface area contributed by atoms with E-state index in [1.54, 1.807) is 24.3 Å². The van der Waals surface area contributed by atoms with E-state index in [0.29, 0.717) is 11.4 Å². The van der Waals surface area contributed by atoms with Crippen molar-refractivity contribution < 1.29 is 18.3 Å². The summed E-state index contributed by atoms with van der Waals surface area (Å²) in [6, 6.07) is 9.12. The molecular weight excluding hydrogens is 266 g/mol. The molecule has 0 unspecified atom stereocenters. The van der Waals surface area contributed by atoms with Crippen LogP contribution in [0, 0.1) is 11.6 Å². The number of amides is 2. The number of para-hydroxylation sites is 1. The van der Waals surface area contributed by atoms with E-state index in [9.17, 15) is 13.6 Å². The third-order valence-corrected chi connectivity index (χ3v) is 2.55. The minimum absolute atomic E-state index is 0.472. The van der Waals surface area contributed by atoms with Crippen LogP contribution in [0.1, 0.15) is 0 Å². The number of nitrogens with one attached hydrogen (secondary N) is 2. The van der Waals surface area contributed by atoms with Crippen molar-refractivity contribution in [1.29, 1.82) is 0 Å². The van der Waals surface area contributed by atoms with E-state index in [2.05, 4.69) is 10.6 Å². The molecule has 0 atom stereocenters. The zero-order valence-corrected chi connectivity index (χ0v) is 10.6. The molecule has 2 amide bonds. The molecule has 104 valence electrons. The van der Waals surface area contributed by atoms with Gasteiger partial charge in [0.05, 0.1) is 7.11 Å². The van der Waals surface area contributed by atoms with Gasteiger partial charge >= 0.3 is 6.03 Å². The van der Waals surface area contributed by atoms with Crippen LogP contribution in [0.25, 0.3) is 0 Å². The first kappa shape index (κ1) is 13.8. The smallest absolute Gasteiger partial charge is 0.323 e. The molecule has 2 aromatic rings. The second kappa shape index (κ2) is 6.01. The Kier molecular flexibility index (Phi) is 4.14. The molecule has 0 aliphatic heterocycles. The highest BCUT2D eigenvalue weighted by molar-refractivity contribution is 5.99. The van der Waals surface area contributed by atoms with Crippen LogP contribution >= 0.6 is 0 Å². The number of hydrogen-bond donors (Lipinski definition) is 2. The van der Waals surface area contributed by atoms with Crippen LogP contribution in [0.2, 0.25) is 0 Å². The van der Waals surface area contributed by atoms with Crippen molar-refractivity contribution in [2.24, 2.45) is 0 Å². The van der Waals surface area contributed by atoms with E-state index in [1.807, 2.05) is 0 Å². The maximum absolute atomic E-state index is 13.3. The van der Waals surface area contributed by atoms with Gasteiger partial charge in [0.2, 0.25) is 0 Å². The molecule has 2 rings (SSSR count). The molecule has 0 heterocycles. The van der Waals surface area contributed by atoms with E-state index in [0.717, 1.165) is 12.1 Å². The Morgan fingerprint density at radius 1 is 1.00 bits per heavy atom. The molecular formula is C14H12F2N2O2. The zero-order chi connectivity index (χ0) is 14.5. The van der Waals surface area contributed by atoms with E-state index in [-0.39, 0.29) is 0 Å². The molecule has 0 saturated carbocycles. The molecule has 0 aliphatic carbocycles. The molecule has 0 saturated heterocycles. The van der Waals surface area contributed by atoms with Gasteiger partial charge in [-0.05, 0) is 36.4 Å². The number of benzene rings is 2. The third-order valence-electron chi connectivity index (χ3n) is 2.55. The van der Waals surface area contributed by atoms with Crippen molar-refractivity contribution in [3.05, 3.63) is 54.1 Å². The second-order valence-electron chi connectivity index (χ2n) is 3.90. The fraction of sp³-hybridized carbons (Fsp3) is 0.0714. The lowest BCUT2D eigenvalue weighted by molar-refractivity contribution is 0.262. The van der Waals surface area contributed by atoms with Crippen LogP contribution in [-0.2, 0) is 0 Å². The molecule has 6 heteroatoms. The third kappa shape index (κ3) is 3.23. The summed E-state index contributed by atoms with van der Waals surface area (Å²) in [7, 11) is 1.52. The minimum Gasteiger partial charge on any atom is -0.497 e. The van der Waals surface area contributed by atoms with E-state index < -0.39 is 23.4 Å². The van der Waals surface area contributed by atoms with Crippen LogP contribution in [0.15, 0.2) is 42.5 Å². The first-order valence-electron chi connectivity index (χ1n) is 5.76. The summed E-state index contributed by atoms with van der Waals surface area (Å²) in [5, 5.41) is 4.58. The average Bonchev–Trinajstić information content (AvgIpc) is 2.44. The van der Waals surface area contributed by atoms with Crippen LogP contribution in [0.3, 0.4) is 0 Å². The van der Waals surface area contributed by atoms with E-state index in [4.69, 9.17) is 4.74 Å². The summed E-state index contributed by atoms with van der Waals surface area (Å²) < 4.78 is 31.7. The minimum atomic E-state index is -0.838. The standard InChI is InChI=1S/C14H12F2N2O2/c1-20-10-7-5-9(6-8-10)17-14(19)18-13-11(15)3-2-4-12(13)16/h2-8H,1H3,(H2,17,18,19). The first-order chi connectivity index (χ1) is 9.60. The number of halogens is 2. The average molecular weight is 278 g/mol. The number of rotatable bonds is 3. The van der Waals surface area contributed by atoms with Crippen LogP contribution < -0.4 is 15.4 Å². The molecule has 4 nitrogen and oxygen atoms in total. The van der Waals surface area contributed by atoms with Gasteiger partial charge < -0.3 is 15.4 Å². The Balaban J connectivity index is 2.05. The second-order valence-corrected chi connectivity index (χ2v) is 3.90. The van der Waals surface area contributed by atoms with Crippen molar-refractivity contribution in [2.45, 2.75) is 0 Å². The fourth-order valence-corrected chi connectivity index (χ4v) is 1.57. The summed E-state index contributed by atoms with van der Waals surface area (Å²) >= 11 is 0. The Morgan fingerprint density at radius 3 is 2.15 bits per heavy atom. The van der Waals surface area contributed by atoms with Crippen LogP contribution in [-0.4, -0.2) is 13.1 Å².